The summed E-state index contributed by atoms with van der Waals surface area (Å²) < 4.78 is 5.34. The van der Waals surface area contributed by atoms with E-state index in [1.54, 1.807) is 0 Å². The minimum atomic E-state index is 0.150. The lowest BCUT2D eigenvalue weighted by Crippen LogP contribution is -3.15. The van der Waals surface area contributed by atoms with Crippen molar-refractivity contribution >= 4 is 5.91 Å². The highest BCUT2D eigenvalue weighted by Gasteiger charge is 2.36. The van der Waals surface area contributed by atoms with Crippen molar-refractivity contribution in [3.05, 3.63) is 35.9 Å². The van der Waals surface area contributed by atoms with Crippen molar-refractivity contribution in [2.75, 3.05) is 39.4 Å². The molecule has 2 N–H and O–H groups in total. The predicted octanol–water partition coefficient (Wildman–Crippen LogP) is 0.530. The first-order valence-corrected chi connectivity index (χ1v) is 8.52. The molecule has 1 aromatic carbocycles. The maximum absolute atomic E-state index is 12.3. The van der Waals surface area contributed by atoms with Crippen LogP contribution in [0.2, 0.25) is 0 Å². The van der Waals surface area contributed by atoms with E-state index in [-0.39, 0.29) is 11.3 Å². The Balaban J connectivity index is 1.57. The van der Waals surface area contributed by atoms with E-state index in [1.807, 2.05) is 0 Å². The summed E-state index contributed by atoms with van der Waals surface area (Å²) in [5, 5.41) is 3.21. The predicted molar refractivity (Wildman–Crippen MR) is 86.0 cm³/mol. The average Bonchev–Trinajstić information content (AvgIpc) is 3.05. The van der Waals surface area contributed by atoms with Crippen molar-refractivity contribution in [3.8, 4) is 0 Å². The van der Waals surface area contributed by atoms with Gasteiger partial charge in [-0.05, 0) is 18.4 Å². The number of rotatable bonds is 5. The summed E-state index contributed by atoms with van der Waals surface area (Å²) in [6, 6.07) is 10.7. The number of benzene rings is 1. The van der Waals surface area contributed by atoms with Crippen LogP contribution in [0.3, 0.4) is 0 Å². The molecule has 0 unspecified atom stereocenters. The van der Waals surface area contributed by atoms with Gasteiger partial charge in [0.1, 0.15) is 13.1 Å². The van der Waals surface area contributed by atoms with E-state index in [2.05, 4.69) is 35.6 Å². The maximum atomic E-state index is 12.3. The quantitative estimate of drug-likeness (QED) is 0.833. The van der Waals surface area contributed by atoms with Gasteiger partial charge in [-0.15, -0.1) is 0 Å². The molecule has 0 bridgehead atoms. The zero-order valence-corrected chi connectivity index (χ0v) is 13.3. The van der Waals surface area contributed by atoms with Crippen molar-refractivity contribution in [3.63, 3.8) is 0 Å². The normalized spacial score (nSPS) is 21.6. The molecule has 22 heavy (non-hydrogen) atoms. The minimum Gasteiger partial charge on any atom is -0.370 e. The number of carbonyl (C=O) groups is 1. The van der Waals surface area contributed by atoms with Crippen LogP contribution in [0.25, 0.3) is 0 Å². The molecule has 2 fully saturated rings. The second-order valence-corrected chi connectivity index (χ2v) is 6.67. The summed E-state index contributed by atoms with van der Waals surface area (Å²) in [4.78, 5) is 13.6. The second-order valence-electron chi connectivity index (χ2n) is 6.67. The first kappa shape index (κ1) is 15.5. The fourth-order valence-electron chi connectivity index (χ4n) is 3.81. The summed E-state index contributed by atoms with van der Waals surface area (Å²) in [6.45, 7) is 4.79. The van der Waals surface area contributed by atoms with Crippen molar-refractivity contribution in [1.29, 1.82) is 0 Å². The van der Waals surface area contributed by atoms with Gasteiger partial charge < -0.3 is 15.0 Å². The lowest BCUT2D eigenvalue weighted by molar-refractivity contribution is -0.900. The van der Waals surface area contributed by atoms with E-state index in [9.17, 15) is 4.79 Å². The molecule has 1 amide bonds. The molecule has 0 spiro atoms. The molecule has 0 atom stereocenters. The Labute approximate surface area is 132 Å². The highest BCUT2D eigenvalue weighted by atomic mass is 16.5. The van der Waals surface area contributed by atoms with Crippen LogP contribution in [0.15, 0.2) is 30.3 Å². The highest BCUT2D eigenvalue weighted by Crippen LogP contribution is 2.40. The van der Waals surface area contributed by atoms with Crippen LogP contribution in [0.1, 0.15) is 31.2 Å². The highest BCUT2D eigenvalue weighted by molar-refractivity contribution is 5.77. The van der Waals surface area contributed by atoms with Gasteiger partial charge >= 0.3 is 0 Å². The zero-order chi connectivity index (χ0) is 15.3. The number of morpholine rings is 1. The first-order chi connectivity index (χ1) is 10.8. The fraction of sp³-hybridized carbons (Fsp3) is 0.611. The van der Waals surface area contributed by atoms with Crippen molar-refractivity contribution in [2.45, 2.75) is 31.1 Å². The van der Waals surface area contributed by atoms with Gasteiger partial charge in [-0.3, -0.25) is 4.79 Å². The molecular weight excluding hydrogens is 276 g/mol. The third kappa shape index (κ3) is 3.68. The van der Waals surface area contributed by atoms with Crippen LogP contribution in [-0.2, 0) is 14.9 Å². The van der Waals surface area contributed by atoms with Crippen LogP contribution in [-0.4, -0.2) is 45.3 Å². The summed E-state index contributed by atoms with van der Waals surface area (Å²) >= 11 is 0. The maximum Gasteiger partial charge on any atom is 0.275 e. The molecule has 1 saturated carbocycles. The third-order valence-electron chi connectivity index (χ3n) is 5.18. The molecule has 1 aliphatic carbocycles. The first-order valence-electron chi connectivity index (χ1n) is 8.52. The van der Waals surface area contributed by atoms with Crippen LogP contribution < -0.4 is 10.2 Å². The Kier molecular flexibility index (Phi) is 5.11. The van der Waals surface area contributed by atoms with E-state index in [0.29, 0.717) is 6.54 Å². The number of ether oxygens (including phenoxy) is 1. The third-order valence-corrected chi connectivity index (χ3v) is 5.18. The summed E-state index contributed by atoms with van der Waals surface area (Å²) in [6.07, 6.45) is 4.89. The molecule has 4 nitrogen and oxygen atoms in total. The van der Waals surface area contributed by atoms with Gasteiger partial charge in [-0.25, -0.2) is 0 Å². The molecule has 3 rings (SSSR count). The molecule has 1 heterocycles. The molecule has 4 heteroatoms. The second kappa shape index (κ2) is 7.25. The number of amides is 1. The van der Waals surface area contributed by atoms with Crippen molar-refractivity contribution < 1.29 is 14.4 Å². The number of nitrogens with one attached hydrogen (secondary N) is 2. The van der Waals surface area contributed by atoms with E-state index >= 15 is 0 Å². The summed E-state index contributed by atoms with van der Waals surface area (Å²) in [5.74, 6) is 0.180. The van der Waals surface area contributed by atoms with Gasteiger partial charge in [0.25, 0.3) is 5.91 Å². The topological polar surface area (TPSA) is 42.8 Å². The zero-order valence-electron chi connectivity index (χ0n) is 13.3. The Morgan fingerprint density at radius 3 is 2.50 bits per heavy atom. The summed E-state index contributed by atoms with van der Waals surface area (Å²) in [7, 11) is 0. The van der Waals surface area contributed by atoms with E-state index < -0.39 is 0 Å². The van der Waals surface area contributed by atoms with Crippen LogP contribution in [0, 0.1) is 0 Å². The smallest absolute Gasteiger partial charge is 0.275 e. The molecule has 0 aromatic heterocycles. The van der Waals surface area contributed by atoms with Crippen molar-refractivity contribution in [2.24, 2.45) is 0 Å². The van der Waals surface area contributed by atoms with Gasteiger partial charge in [0.15, 0.2) is 6.54 Å². The largest absolute Gasteiger partial charge is 0.370 e. The monoisotopic (exact) mass is 303 g/mol. The molecule has 2 aliphatic rings. The molecule has 0 radical (unpaired) electrons. The van der Waals surface area contributed by atoms with Gasteiger partial charge in [0, 0.05) is 12.0 Å². The van der Waals surface area contributed by atoms with Crippen LogP contribution in [0.5, 0.6) is 0 Å². The molecule has 120 valence electrons. The van der Waals surface area contributed by atoms with Gasteiger partial charge in [-0.1, -0.05) is 43.2 Å². The number of hydrogen-bond donors (Lipinski definition) is 2. The van der Waals surface area contributed by atoms with Crippen LogP contribution in [0.4, 0.5) is 0 Å². The molecular formula is C18H27N2O2+. The van der Waals surface area contributed by atoms with Crippen LogP contribution >= 0.6 is 0 Å². The van der Waals surface area contributed by atoms with E-state index in [4.69, 9.17) is 4.74 Å². The fourth-order valence-corrected chi connectivity index (χ4v) is 3.81. The van der Waals surface area contributed by atoms with Gasteiger partial charge in [0.05, 0.1) is 13.2 Å². The van der Waals surface area contributed by atoms with Gasteiger partial charge in [0.2, 0.25) is 0 Å². The lowest BCUT2D eigenvalue weighted by Gasteiger charge is -2.30. The molecule has 1 aromatic rings. The standard InChI is InChI=1S/C18H26N2O2/c21-17(14-20-10-12-22-13-11-20)19-15-18(8-4-5-9-18)16-6-2-1-3-7-16/h1-3,6-7H,4-5,8-15H2,(H,19,21)/p+1. The Morgan fingerprint density at radius 1 is 1.14 bits per heavy atom. The average molecular weight is 303 g/mol. The van der Waals surface area contributed by atoms with E-state index in [1.165, 1.54) is 36.1 Å². The van der Waals surface area contributed by atoms with E-state index in [0.717, 1.165) is 32.8 Å². The number of hydrogen-bond acceptors (Lipinski definition) is 2. The Morgan fingerprint density at radius 2 is 1.82 bits per heavy atom. The Bertz CT molecular complexity index is 477. The SMILES string of the molecule is O=C(C[NH+]1CCOCC1)NCC1(c2ccccc2)CCCC1. The number of carbonyl (C=O) groups excluding carboxylic acids is 1. The number of quaternary nitrogens is 1. The Hall–Kier alpha value is -1.39. The van der Waals surface area contributed by atoms with Gasteiger partial charge in [-0.2, -0.15) is 0 Å². The summed E-state index contributed by atoms with van der Waals surface area (Å²) in [5.41, 5.74) is 1.53. The molecule has 1 saturated heterocycles. The molecule has 1 aliphatic heterocycles. The lowest BCUT2D eigenvalue weighted by atomic mass is 9.79. The minimum absolute atomic E-state index is 0.150. The van der Waals surface area contributed by atoms with Crippen molar-refractivity contribution in [1.82, 2.24) is 5.32 Å².